The third-order valence-corrected chi connectivity index (χ3v) is 3.13. The molecule has 92 valence electrons. The molecule has 7 heteroatoms. The highest BCUT2D eigenvalue weighted by atomic mass is 19.1. The summed E-state index contributed by atoms with van der Waals surface area (Å²) in [6.07, 6.45) is 0.802. The molecular formula is C10H11FN2O4. The standard InChI is InChI=1S/C10H11FN2O4/c11-4-10(5-14)3-6-8(17-10)13-2-1-7(15)12-9(13)16-6/h1-2,6,8,14H,3-5H2/t6?,8?,10-/m1/s1. The van der Waals surface area contributed by atoms with Crippen LogP contribution in [0.5, 0.6) is 6.01 Å². The van der Waals surface area contributed by atoms with Crippen LogP contribution in [0, 0.1) is 0 Å². The Balaban J connectivity index is 1.95. The van der Waals surface area contributed by atoms with Crippen molar-refractivity contribution in [2.24, 2.45) is 0 Å². The van der Waals surface area contributed by atoms with E-state index in [9.17, 15) is 9.18 Å². The summed E-state index contributed by atoms with van der Waals surface area (Å²) in [5.74, 6) is 0. The van der Waals surface area contributed by atoms with Crippen LogP contribution in [0.4, 0.5) is 4.39 Å². The molecule has 0 radical (unpaired) electrons. The van der Waals surface area contributed by atoms with E-state index in [1.807, 2.05) is 0 Å². The molecule has 0 bridgehead atoms. The first-order valence-electron chi connectivity index (χ1n) is 5.28. The van der Waals surface area contributed by atoms with Crippen LogP contribution in [0.2, 0.25) is 0 Å². The van der Waals surface area contributed by atoms with Gasteiger partial charge in [0, 0.05) is 18.7 Å². The van der Waals surface area contributed by atoms with Crippen LogP contribution in [-0.2, 0) is 4.74 Å². The smallest absolute Gasteiger partial charge is 0.302 e. The Bertz CT molecular complexity index is 499. The van der Waals surface area contributed by atoms with Crippen molar-refractivity contribution in [2.45, 2.75) is 24.4 Å². The van der Waals surface area contributed by atoms with Crippen LogP contribution in [0.1, 0.15) is 12.6 Å². The van der Waals surface area contributed by atoms with E-state index in [0.717, 1.165) is 0 Å². The van der Waals surface area contributed by atoms with E-state index in [1.165, 1.54) is 12.3 Å². The predicted octanol–water partition coefficient (Wildman–Crippen LogP) is -0.376. The van der Waals surface area contributed by atoms with Crippen LogP contribution in [0.25, 0.3) is 0 Å². The summed E-state index contributed by atoms with van der Waals surface area (Å²) in [7, 11) is 0. The highest BCUT2D eigenvalue weighted by molar-refractivity contribution is 5.10. The third kappa shape index (κ3) is 1.46. The molecule has 3 atom stereocenters. The number of nitrogens with zero attached hydrogens (tertiary/aromatic N) is 2. The molecule has 2 aliphatic rings. The number of fused-ring (bicyclic) bond motifs is 3. The predicted molar refractivity (Wildman–Crippen MR) is 53.4 cm³/mol. The molecule has 2 unspecified atom stereocenters. The molecule has 0 spiro atoms. The summed E-state index contributed by atoms with van der Waals surface area (Å²) in [6, 6.07) is 1.46. The Morgan fingerprint density at radius 1 is 1.71 bits per heavy atom. The van der Waals surface area contributed by atoms with Gasteiger partial charge in [-0.25, -0.2) is 4.39 Å². The molecule has 1 saturated heterocycles. The number of alkyl halides is 1. The zero-order valence-electron chi connectivity index (χ0n) is 8.88. The van der Waals surface area contributed by atoms with Crippen molar-refractivity contribution < 1.29 is 19.0 Å². The number of halogens is 1. The number of hydrogen-bond donors (Lipinski definition) is 1. The monoisotopic (exact) mass is 242 g/mol. The molecule has 3 rings (SSSR count). The fraction of sp³-hybridized carbons (Fsp3) is 0.600. The Labute approximate surface area is 95.6 Å². The van der Waals surface area contributed by atoms with Crippen molar-refractivity contribution in [3.8, 4) is 6.01 Å². The molecule has 1 N–H and O–H groups in total. The minimum absolute atomic E-state index is 0.179. The summed E-state index contributed by atoms with van der Waals surface area (Å²) in [5, 5.41) is 9.17. The van der Waals surface area contributed by atoms with Gasteiger partial charge in [0.1, 0.15) is 12.3 Å². The van der Waals surface area contributed by atoms with Crippen molar-refractivity contribution in [2.75, 3.05) is 13.3 Å². The van der Waals surface area contributed by atoms with Crippen LogP contribution in [0.3, 0.4) is 0 Å². The molecule has 0 aliphatic carbocycles. The maximum Gasteiger partial charge on any atom is 0.302 e. The zero-order chi connectivity index (χ0) is 12.0. The van der Waals surface area contributed by atoms with Crippen LogP contribution in [0.15, 0.2) is 17.1 Å². The van der Waals surface area contributed by atoms with Crippen molar-refractivity contribution in [1.82, 2.24) is 9.55 Å². The second kappa shape index (κ2) is 3.51. The van der Waals surface area contributed by atoms with Gasteiger partial charge in [-0.2, -0.15) is 4.98 Å². The second-order valence-corrected chi connectivity index (χ2v) is 4.30. The first kappa shape index (κ1) is 10.7. The molecule has 0 saturated carbocycles. The average Bonchev–Trinajstić information content (AvgIpc) is 2.82. The molecule has 1 aromatic rings. The Hall–Kier alpha value is -1.47. The lowest BCUT2D eigenvalue weighted by molar-refractivity contribution is -0.108. The van der Waals surface area contributed by atoms with Gasteiger partial charge in [-0.15, -0.1) is 0 Å². The Morgan fingerprint density at radius 3 is 3.24 bits per heavy atom. The van der Waals surface area contributed by atoms with E-state index in [0.29, 0.717) is 0 Å². The van der Waals surface area contributed by atoms with Gasteiger partial charge in [-0.1, -0.05) is 0 Å². The quantitative estimate of drug-likeness (QED) is 0.765. The van der Waals surface area contributed by atoms with Crippen molar-refractivity contribution in [3.63, 3.8) is 0 Å². The summed E-state index contributed by atoms with van der Waals surface area (Å²) in [6.45, 7) is -1.17. The van der Waals surface area contributed by atoms with Gasteiger partial charge in [0.2, 0.25) is 0 Å². The average molecular weight is 242 g/mol. The molecule has 0 aromatic carbocycles. The number of hydrogen-bond acceptors (Lipinski definition) is 5. The van der Waals surface area contributed by atoms with Crippen molar-refractivity contribution in [1.29, 1.82) is 0 Å². The number of ether oxygens (including phenoxy) is 2. The molecule has 0 amide bonds. The fourth-order valence-electron chi connectivity index (χ4n) is 2.23. The minimum Gasteiger partial charge on any atom is -0.456 e. The van der Waals surface area contributed by atoms with E-state index in [4.69, 9.17) is 14.6 Å². The lowest BCUT2D eigenvalue weighted by Gasteiger charge is -2.23. The first-order valence-corrected chi connectivity index (χ1v) is 5.28. The summed E-state index contributed by atoms with van der Waals surface area (Å²) < 4.78 is 25.4. The third-order valence-electron chi connectivity index (χ3n) is 3.13. The summed E-state index contributed by atoms with van der Waals surface area (Å²) in [5.41, 5.74) is -1.59. The van der Waals surface area contributed by atoms with Crippen LogP contribution >= 0.6 is 0 Å². The number of aliphatic hydroxyl groups excluding tert-OH is 1. The molecule has 17 heavy (non-hydrogen) atoms. The van der Waals surface area contributed by atoms with Gasteiger partial charge in [0.05, 0.1) is 6.61 Å². The molecule has 1 fully saturated rings. The fourth-order valence-corrected chi connectivity index (χ4v) is 2.23. The summed E-state index contributed by atoms with van der Waals surface area (Å²) >= 11 is 0. The SMILES string of the molecule is O=c1ccn2c(n1)OC1C[C@](CO)(CF)OC12. The first-order chi connectivity index (χ1) is 8.17. The lowest BCUT2D eigenvalue weighted by Crippen LogP contribution is -2.36. The molecule has 2 aliphatic heterocycles. The number of aliphatic hydroxyl groups is 1. The molecule has 1 aromatic heterocycles. The Morgan fingerprint density at radius 2 is 2.53 bits per heavy atom. The van der Waals surface area contributed by atoms with E-state index >= 15 is 0 Å². The second-order valence-electron chi connectivity index (χ2n) is 4.30. The number of aromatic nitrogens is 2. The van der Waals surface area contributed by atoms with E-state index in [1.54, 1.807) is 4.57 Å². The normalized spacial score (nSPS) is 34.2. The number of rotatable bonds is 2. The van der Waals surface area contributed by atoms with Crippen LogP contribution in [-0.4, -0.2) is 39.6 Å². The van der Waals surface area contributed by atoms with Gasteiger partial charge < -0.3 is 14.6 Å². The summed E-state index contributed by atoms with van der Waals surface area (Å²) in [4.78, 5) is 14.7. The van der Waals surface area contributed by atoms with E-state index in [-0.39, 0.29) is 12.4 Å². The van der Waals surface area contributed by atoms with Crippen molar-refractivity contribution in [3.05, 3.63) is 22.6 Å². The zero-order valence-corrected chi connectivity index (χ0v) is 8.88. The maximum atomic E-state index is 12.9. The minimum atomic E-state index is -1.20. The Kier molecular flexibility index (Phi) is 2.20. The topological polar surface area (TPSA) is 73.6 Å². The van der Waals surface area contributed by atoms with Gasteiger partial charge >= 0.3 is 6.01 Å². The van der Waals surface area contributed by atoms with Crippen molar-refractivity contribution >= 4 is 0 Å². The highest BCUT2D eigenvalue weighted by Gasteiger charge is 2.52. The van der Waals surface area contributed by atoms with Crippen LogP contribution < -0.4 is 10.3 Å². The molecule has 3 heterocycles. The van der Waals surface area contributed by atoms with Gasteiger partial charge in [0.25, 0.3) is 5.56 Å². The van der Waals surface area contributed by atoms with E-state index < -0.39 is 36.8 Å². The van der Waals surface area contributed by atoms with E-state index in [2.05, 4.69) is 4.98 Å². The van der Waals surface area contributed by atoms with Gasteiger partial charge in [0.15, 0.2) is 12.3 Å². The largest absolute Gasteiger partial charge is 0.456 e. The maximum absolute atomic E-state index is 12.9. The van der Waals surface area contributed by atoms with Gasteiger partial charge in [-0.3, -0.25) is 9.36 Å². The van der Waals surface area contributed by atoms with Gasteiger partial charge in [-0.05, 0) is 0 Å². The lowest BCUT2D eigenvalue weighted by atomic mass is 10.0. The highest BCUT2D eigenvalue weighted by Crippen LogP contribution is 2.43. The molecular weight excluding hydrogens is 231 g/mol. The molecule has 6 nitrogen and oxygen atoms in total.